The van der Waals surface area contributed by atoms with Crippen LogP contribution in [0.25, 0.3) is 67.3 Å². The molecule has 0 saturated carbocycles. The van der Waals surface area contributed by atoms with E-state index in [0.717, 1.165) is 67.0 Å². The summed E-state index contributed by atoms with van der Waals surface area (Å²) in [6, 6.07) is 51.3. The number of nitrogens with one attached hydrogen (secondary N) is 5. The van der Waals surface area contributed by atoms with E-state index in [0.29, 0.717) is 56.7 Å². The molecule has 3 heterocycles. The Morgan fingerprint density at radius 2 is 0.685 bits per heavy atom. The van der Waals surface area contributed by atoms with Crippen molar-refractivity contribution >= 4 is 113 Å². The second-order valence-electron chi connectivity index (χ2n) is 16.5. The van der Waals surface area contributed by atoms with E-state index >= 15 is 0 Å². The van der Waals surface area contributed by atoms with Gasteiger partial charge in [0.2, 0.25) is 0 Å². The number of carbonyl (C=O) groups excluding carboxylic acids is 4. The van der Waals surface area contributed by atoms with Gasteiger partial charge in [-0.2, -0.15) is 0 Å². The number of imidazole rings is 3. The lowest BCUT2D eigenvalue weighted by Gasteiger charge is -2.08. The number of nitrogens with zero attached hydrogens (tertiary/aromatic N) is 3. The predicted molar refractivity (Wildman–Crippen MR) is 291 cm³/mol. The SMILES string of the molecule is Nc1ccc(-c2nc3cc(NC(=O)c4ccc(C(=O)Nc5ccc6[nH]c(-c7ccc(N)cc7)nc6c5)cc4)ccc3[nH]2)cc1.Nc1ccc(-c2nc3ccc(N)cc3[nH]2)cc1.O=C(Cl)c1ccc(C(=O)Cl)cc1. The van der Waals surface area contributed by atoms with Crippen LogP contribution in [0.1, 0.15) is 41.4 Å². The fraction of sp³-hybridized carbons (Fsp3) is 0. The minimum atomic E-state index is -0.552. The zero-order chi connectivity index (χ0) is 51.2. The second-order valence-corrected chi connectivity index (χ2v) is 17.2. The molecule has 0 fully saturated rings. The standard InChI is InChI=1S/C34H26N8O2.C13H12N4.C8H4Cl2O2/c35-23-9-5-19(6-10-23)31-39-27-15-13-25(17-29(27)41-31)37-33(43)21-1-2-22(4-3-21)34(44)38-26-14-16-28-30(18-26)42-32(40-28)20-7-11-24(36)12-8-20;14-9-3-1-8(2-4-9)13-16-11-6-5-10(15)7-12(11)17-13;9-7(11)5-1-2-6(4-3-5)8(10)12/h1-18H,35-36H2,(H,37,43)(H,38,44)(H,39,41)(H,40,42);1-7H,14-15H2,(H,16,17);1-4H. The van der Waals surface area contributed by atoms with Crippen molar-refractivity contribution < 1.29 is 19.2 Å². The fourth-order valence-electron chi connectivity index (χ4n) is 7.44. The number of nitrogens with two attached hydrogens (primary N) is 4. The molecule has 0 radical (unpaired) electrons. The molecule has 2 amide bonds. The summed E-state index contributed by atoms with van der Waals surface area (Å²) < 4.78 is 0. The average molecular weight is 1010 g/mol. The van der Waals surface area contributed by atoms with Gasteiger partial charge >= 0.3 is 0 Å². The monoisotopic (exact) mass is 1000 g/mol. The van der Waals surface area contributed by atoms with Crippen molar-refractivity contribution in [1.82, 2.24) is 29.9 Å². The quantitative estimate of drug-likeness (QED) is 0.0484. The third kappa shape index (κ3) is 11.6. The van der Waals surface area contributed by atoms with E-state index in [-0.39, 0.29) is 11.8 Å². The van der Waals surface area contributed by atoms with Crippen LogP contribution in [0.3, 0.4) is 0 Å². The van der Waals surface area contributed by atoms with Gasteiger partial charge in [0.05, 0.1) is 33.1 Å². The van der Waals surface area contributed by atoms with Gasteiger partial charge in [-0.05, 0) is 199 Å². The van der Waals surface area contributed by atoms with E-state index in [1.807, 2.05) is 115 Å². The van der Waals surface area contributed by atoms with Crippen LogP contribution < -0.4 is 33.6 Å². The molecule has 8 aromatic carbocycles. The van der Waals surface area contributed by atoms with Gasteiger partial charge < -0.3 is 48.5 Å². The minimum Gasteiger partial charge on any atom is -0.399 e. The molecule has 0 aliphatic heterocycles. The number of hydrogen-bond donors (Lipinski definition) is 9. The summed E-state index contributed by atoms with van der Waals surface area (Å²) in [5.41, 5.74) is 36.3. The zero-order valence-corrected chi connectivity index (χ0v) is 39.8. The molecule has 18 heteroatoms. The fourth-order valence-corrected chi connectivity index (χ4v) is 7.69. The van der Waals surface area contributed by atoms with E-state index in [1.165, 1.54) is 24.3 Å². The Morgan fingerprint density at radius 3 is 1.05 bits per heavy atom. The first kappa shape index (κ1) is 48.3. The van der Waals surface area contributed by atoms with Gasteiger partial charge in [0.25, 0.3) is 22.3 Å². The highest BCUT2D eigenvalue weighted by atomic mass is 35.5. The number of fused-ring (bicyclic) bond motifs is 3. The van der Waals surface area contributed by atoms with Crippen LogP contribution in [0.5, 0.6) is 0 Å². The Kier molecular flexibility index (Phi) is 13.9. The summed E-state index contributed by atoms with van der Waals surface area (Å²) in [5, 5.41) is 4.70. The van der Waals surface area contributed by atoms with E-state index < -0.39 is 10.5 Å². The van der Waals surface area contributed by atoms with Crippen LogP contribution in [0, 0.1) is 0 Å². The van der Waals surface area contributed by atoms with Crippen molar-refractivity contribution in [2.75, 3.05) is 33.6 Å². The molecule has 0 unspecified atom stereocenters. The number of amides is 2. The van der Waals surface area contributed by atoms with Gasteiger partial charge in [-0.3, -0.25) is 19.2 Å². The molecule has 0 atom stereocenters. The number of nitrogen functional groups attached to an aromatic ring is 4. The molecular formula is C55H42Cl2N12O4. The molecule has 0 saturated heterocycles. The van der Waals surface area contributed by atoms with Gasteiger partial charge in [-0.1, -0.05) is 0 Å². The second kappa shape index (κ2) is 21.1. The number of aromatic nitrogens is 6. The van der Waals surface area contributed by atoms with E-state index in [9.17, 15) is 19.2 Å². The van der Waals surface area contributed by atoms with E-state index in [1.54, 1.807) is 36.4 Å². The van der Waals surface area contributed by atoms with E-state index in [2.05, 4.69) is 40.5 Å². The summed E-state index contributed by atoms with van der Waals surface area (Å²) >= 11 is 10.4. The summed E-state index contributed by atoms with van der Waals surface area (Å²) in [6.45, 7) is 0. The van der Waals surface area contributed by atoms with Gasteiger partial charge in [-0.15, -0.1) is 0 Å². The molecule has 73 heavy (non-hydrogen) atoms. The van der Waals surface area contributed by atoms with Gasteiger partial charge in [-0.25, -0.2) is 15.0 Å². The molecule has 11 rings (SSSR count). The molecule has 16 nitrogen and oxygen atoms in total. The summed E-state index contributed by atoms with van der Waals surface area (Å²) in [6.07, 6.45) is 0. The number of H-pyrrole nitrogens is 3. The van der Waals surface area contributed by atoms with Crippen molar-refractivity contribution in [2.45, 2.75) is 0 Å². The first-order valence-electron chi connectivity index (χ1n) is 22.3. The van der Waals surface area contributed by atoms with Crippen LogP contribution in [0.2, 0.25) is 0 Å². The van der Waals surface area contributed by atoms with Crippen LogP contribution in [-0.4, -0.2) is 52.2 Å². The van der Waals surface area contributed by atoms with Crippen LogP contribution in [0.4, 0.5) is 34.1 Å². The molecule has 0 aliphatic carbocycles. The van der Waals surface area contributed by atoms with Gasteiger partial charge in [0.15, 0.2) is 0 Å². The van der Waals surface area contributed by atoms with Crippen molar-refractivity contribution in [3.05, 3.63) is 198 Å². The lowest BCUT2D eigenvalue weighted by molar-refractivity contribution is 0.101. The molecule has 0 aliphatic rings. The normalized spacial score (nSPS) is 10.8. The maximum atomic E-state index is 13.0. The van der Waals surface area contributed by atoms with Crippen LogP contribution in [-0.2, 0) is 0 Å². The Balaban J connectivity index is 0.000000183. The summed E-state index contributed by atoms with van der Waals surface area (Å²) in [4.78, 5) is 70.7. The highest BCUT2D eigenvalue weighted by Gasteiger charge is 2.14. The molecule has 13 N–H and O–H groups in total. The van der Waals surface area contributed by atoms with Crippen molar-refractivity contribution in [3.8, 4) is 34.2 Å². The molecular weight excluding hydrogens is 964 g/mol. The van der Waals surface area contributed by atoms with Crippen LogP contribution in [0.15, 0.2) is 176 Å². The maximum Gasteiger partial charge on any atom is 0.255 e. The highest BCUT2D eigenvalue weighted by molar-refractivity contribution is 6.68. The van der Waals surface area contributed by atoms with Crippen molar-refractivity contribution in [3.63, 3.8) is 0 Å². The van der Waals surface area contributed by atoms with Crippen LogP contribution >= 0.6 is 23.2 Å². The molecule has 0 bridgehead atoms. The van der Waals surface area contributed by atoms with Crippen molar-refractivity contribution in [2.24, 2.45) is 0 Å². The molecule has 11 aromatic rings. The number of benzene rings is 8. The number of halogens is 2. The van der Waals surface area contributed by atoms with Gasteiger partial charge in [0, 0.05) is 73.1 Å². The lowest BCUT2D eigenvalue weighted by Crippen LogP contribution is -2.14. The Bertz CT molecular complexity index is 3630. The minimum absolute atomic E-state index is 0.300. The van der Waals surface area contributed by atoms with Crippen molar-refractivity contribution in [1.29, 1.82) is 0 Å². The topological polar surface area (TPSA) is 282 Å². The summed E-state index contributed by atoms with van der Waals surface area (Å²) in [5.74, 6) is 1.65. The first-order chi connectivity index (χ1) is 35.2. The molecule has 360 valence electrons. The number of rotatable bonds is 9. The number of aromatic amines is 3. The predicted octanol–water partition coefficient (Wildman–Crippen LogP) is 11.3. The van der Waals surface area contributed by atoms with Gasteiger partial charge in [0.1, 0.15) is 17.5 Å². The third-order valence-electron chi connectivity index (χ3n) is 11.3. The lowest BCUT2D eigenvalue weighted by atomic mass is 10.1. The highest BCUT2D eigenvalue weighted by Crippen LogP contribution is 2.27. The average Bonchev–Trinajstić information content (AvgIpc) is 4.14. The number of carbonyl (C=O) groups is 4. The smallest absolute Gasteiger partial charge is 0.255 e. The molecule has 3 aromatic heterocycles. The number of hydrogen-bond acceptors (Lipinski definition) is 11. The summed E-state index contributed by atoms with van der Waals surface area (Å²) in [7, 11) is 0. The number of anilines is 6. The Hall–Kier alpha value is -9.77. The Labute approximate surface area is 425 Å². The maximum absolute atomic E-state index is 13.0. The first-order valence-corrected chi connectivity index (χ1v) is 23.0. The third-order valence-corrected chi connectivity index (χ3v) is 11.7. The Morgan fingerprint density at radius 1 is 0.356 bits per heavy atom. The van der Waals surface area contributed by atoms with E-state index in [4.69, 9.17) is 46.1 Å². The molecule has 0 spiro atoms. The largest absolute Gasteiger partial charge is 0.399 e. The zero-order valence-electron chi connectivity index (χ0n) is 38.3.